The van der Waals surface area contributed by atoms with Gasteiger partial charge in [0.1, 0.15) is 16.9 Å². The molecule has 1 aromatic heterocycles. The summed E-state index contributed by atoms with van der Waals surface area (Å²) in [5.41, 5.74) is 1.19. The lowest BCUT2D eigenvalue weighted by atomic mass is 10.2. The number of fused-ring (bicyclic) bond motifs is 1. The summed E-state index contributed by atoms with van der Waals surface area (Å²) in [6, 6.07) is 1.18. The normalized spacial score (nSPS) is 10.6. The molecule has 0 unspecified atom stereocenters. The van der Waals surface area contributed by atoms with E-state index in [9.17, 15) is 9.18 Å². The molecule has 2 aromatic rings. The first-order valence-corrected chi connectivity index (χ1v) is 5.10. The van der Waals surface area contributed by atoms with Crippen LogP contribution in [0.3, 0.4) is 0 Å². The molecule has 0 aliphatic heterocycles. The van der Waals surface area contributed by atoms with Crippen LogP contribution in [0.2, 0.25) is 0 Å². The van der Waals surface area contributed by atoms with Gasteiger partial charge >= 0.3 is 0 Å². The molecule has 0 N–H and O–H groups in total. The van der Waals surface area contributed by atoms with E-state index in [1.54, 1.807) is 0 Å². The Kier molecular flexibility index (Phi) is 2.24. The van der Waals surface area contributed by atoms with E-state index < -0.39 is 5.82 Å². The molecule has 0 aliphatic carbocycles. The van der Waals surface area contributed by atoms with E-state index in [1.807, 2.05) is 22.6 Å². The predicted molar refractivity (Wildman–Crippen MR) is 55.5 cm³/mol. The fourth-order valence-corrected chi connectivity index (χ4v) is 2.26. The molecule has 0 saturated heterocycles. The molecule has 0 bridgehead atoms. The largest absolute Gasteiger partial charge is 0.298 e. The molecule has 0 aliphatic rings. The standard InChI is InChI=1S/C7H2FIN2OS/c8-4-1-3(2-12)6-7(5(4)9)11-13-10-6/h1-2H. The summed E-state index contributed by atoms with van der Waals surface area (Å²) in [5, 5.41) is 0. The Bertz CT molecular complexity index is 485. The van der Waals surface area contributed by atoms with Crippen molar-refractivity contribution in [1.29, 1.82) is 0 Å². The second-order valence-electron chi connectivity index (χ2n) is 2.34. The Morgan fingerprint density at radius 2 is 2.15 bits per heavy atom. The molecule has 1 aromatic carbocycles. The highest BCUT2D eigenvalue weighted by molar-refractivity contribution is 14.1. The van der Waals surface area contributed by atoms with Gasteiger partial charge in [-0.15, -0.1) is 0 Å². The third-order valence-corrected chi connectivity index (χ3v) is 3.14. The molecular formula is C7H2FIN2OS. The average molecular weight is 308 g/mol. The molecule has 0 fully saturated rings. The molecule has 3 nitrogen and oxygen atoms in total. The van der Waals surface area contributed by atoms with E-state index in [1.165, 1.54) is 6.07 Å². The summed E-state index contributed by atoms with van der Waals surface area (Å²) in [4.78, 5) is 10.5. The van der Waals surface area contributed by atoms with Crippen molar-refractivity contribution >= 4 is 51.6 Å². The Labute approximate surface area is 90.4 Å². The molecule has 0 saturated carbocycles. The van der Waals surface area contributed by atoms with Crippen molar-refractivity contribution in [1.82, 2.24) is 8.75 Å². The Hall–Kier alpha value is -0.630. The number of aldehydes is 1. The number of benzene rings is 1. The average Bonchev–Trinajstić information content (AvgIpc) is 2.60. The van der Waals surface area contributed by atoms with Crippen LogP contribution in [-0.4, -0.2) is 15.0 Å². The quantitative estimate of drug-likeness (QED) is 0.599. The van der Waals surface area contributed by atoms with Crippen LogP contribution < -0.4 is 0 Å². The maximum absolute atomic E-state index is 13.1. The molecule has 13 heavy (non-hydrogen) atoms. The van der Waals surface area contributed by atoms with Crippen LogP contribution in [0.4, 0.5) is 4.39 Å². The number of hydrogen-bond donors (Lipinski definition) is 0. The molecule has 0 amide bonds. The van der Waals surface area contributed by atoms with Crippen molar-refractivity contribution in [2.24, 2.45) is 0 Å². The molecule has 0 radical (unpaired) electrons. The van der Waals surface area contributed by atoms with Gasteiger partial charge in [0, 0.05) is 5.56 Å². The topological polar surface area (TPSA) is 42.9 Å². The van der Waals surface area contributed by atoms with Crippen molar-refractivity contribution < 1.29 is 9.18 Å². The highest BCUT2D eigenvalue weighted by Gasteiger charge is 2.12. The van der Waals surface area contributed by atoms with Gasteiger partial charge in [0.05, 0.1) is 15.3 Å². The van der Waals surface area contributed by atoms with Crippen LogP contribution in [0.15, 0.2) is 6.07 Å². The number of rotatable bonds is 1. The first kappa shape index (κ1) is 8.95. The van der Waals surface area contributed by atoms with Gasteiger partial charge in [-0.2, -0.15) is 8.75 Å². The molecule has 0 atom stereocenters. The van der Waals surface area contributed by atoms with Crippen molar-refractivity contribution in [3.63, 3.8) is 0 Å². The van der Waals surface area contributed by atoms with E-state index in [4.69, 9.17) is 0 Å². The maximum Gasteiger partial charge on any atom is 0.152 e. The molecule has 6 heteroatoms. The number of carbonyl (C=O) groups excluding carboxylic acids is 1. The van der Waals surface area contributed by atoms with E-state index in [0.29, 0.717) is 20.9 Å². The van der Waals surface area contributed by atoms with Crippen LogP contribution >= 0.6 is 34.3 Å². The minimum atomic E-state index is -0.428. The fourth-order valence-electron chi connectivity index (χ4n) is 0.993. The highest BCUT2D eigenvalue weighted by Crippen LogP contribution is 2.24. The molecule has 66 valence electrons. The van der Waals surface area contributed by atoms with E-state index in [0.717, 1.165) is 11.7 Å². The van der Waals surface area contributed by atoms with E-state index in [2.05, 4.69) is 8.75 Å². The molecule has 2 rings (SSSR count). The van der Waals surface area contributed by atoms with Crippen LogP contribution in [-0.2, 0) is 0 Å². The summed E-state index contributed by atoms with van der Waals surface area (Å²) >= 11 is 2.82. The zero-order valence-corrected chi connectivity index (χ0v) is 9.10. The van der Waals surface area contributed by atoms with E-state index >= 15 is 0 Å². The molecule has 0 spiro atoms. The van der Waals surface area contributed by atoms with Crippen LogP contribution in [0.25, 0.3) is 11.0 Å². The SMILES string of the molecule is O=Cc1cc(F)c(I)c2nsnc12. The Morgan fingerprint density at radius 3 is 2.85 bits per heavy atom. The number of nitrogens with zero attached hydrogens (tertiary/aromatic N) is 2. The Balaban J connectivity index is 2.95. The van der Waals surface area contributed by atoms with Crippen LogP contribution in [0.1, 0.15) is 10.4 Å². The predicted octanol–water partition coefficient (Wildman–Crippen LogP) is 2.25. The van der Waals surface area contributed by atoms with Gasteiger partial charge in [0.25, 0.3) is 0 Å². The third kappa shape index (κ3) is 1.33. The van der Waals surface area contributed by atoms with Gasteiger partial charge in [-0.3, -0.25) is 4.79 Å². The van der Waals surface area contributed by atoms with Gasteiger partial charge in [-0.05, 0) is 28.7 Å². The van der Waals surface area contributed by atoms with Gasteiger partial charge in [0.15, 0.2) is 6.29 Å². The first-order valence-electron chi connectivity index (χ1n) is 3.29. The monoisotopic (exact) mass is 308 g/mol. The Morgan fingerprint density at radius 1 is 1.46 bits per heavy atom. The number of halogens is 2. The number of aromatic nitrogens is 2. The van der Waals surface area contributed by atoms with Gasteiger partial charge in [-0.25, -0.2) is 4.39 Å². The lowest BCUT2D eigenvalue weighted by Crippen LogP contribution is -1.90. The van der Waals surface area contributed by atoms with Crippen molar-refractivity contribution in [2.75, 3.05) is 0 Å². The summed E-state index contributed by atoms with van der Waals surface area (Å²) in [7, 11) is 0. The lowest BCUT2D eigenvalue weighted by Gasteiger charge is -1.96. The minimum Gasteiger partial charge on any atom is -0.298 e. The van der Waals surface area contributed by atoms with Crippen LogP contribution in [0.5, 0.6) is 0 Å². The lowest BCUT2D eigenvalue weighted by molar-refractivity contribution is 0.112. The molecular weight excluding hydrogens is 306 g/mol. The summed E-state index contributed by atoms with van der Waals surface area (Å²) < 4.78 is 21.4. The summed E-state index contributed by atoms with van der Waals surface area (Å²) in [5.74, 6) is -0.428. The van der Waals surface area contributed by atoms with Gasteiger partial charge in [-0.1, -0.05) is 0 Å². The second kappa shape index (κ2) is 3.26. The summed E-state index contributed by atoms with van der Waals surface area (Å²) in [6.07, 6.45) is 0.586. The maximum atomic E-state index is 13.1. The highest BCUT2D eigenvalue weighted by atomic mass is 127. The first-order chi connectivity index (χ1) is 6.24. The fraction of sp³-hybridized carbons (Fsp3) is 0. The number of hydrogen-bond acceptors (Lipinski definition) is 4. The smallest absolute Gasteiger partial charge is 0.152 e. The van der Waals surface area contributed by atoms with Gasteiger partial charge in [0.2, 0.25) is 0 Å². The minimum absolute atomic E-state index is 0.252. The number of carbonyl (C=O) groups is 1. The third-order valence-electron chi connectivity index (χ3n) is 1.59. The van der Waals surface area contributed by atoms with Crippen molar-refractivity contribution in [3.8, 4) is 0 Å². The summed E-state index contributed by atoms with van der Waals surface area (Å²) in [6.45, 7) is 0. The van der Waals surface area contributed by atoms with Crippen molar-refractivity contribution in [3.05, 3.63) is 21.0 Å². The van der Waals surface area contributed by atoms with Crippen molar-refractivity contribution in [2.45, 2.75) is 0 Å². The second-order valence-corrected chi connectivity index (χ2v) is 3.95. The zero-order chi connectivity index (χ0) is 9.42. The van der Waals surface area contributed by atoms with Gasteiger partial charge < -0.3 is 0 Å². The zero-order valence-electron chi connectivity index (χ0n) is 6.12. The van der Waals surface area contributed by atoms with E-state index in [-0.39, 0.29) is 5.56 Å². The van der Waals surface area contributed by atoms with Crippen LogP contribution in [0, 0.1) is 9.39 Å². The molecule has 1 heterocycles.